The first-order valence-electron chi connectivity index (χ1n) is 6.06. The molecule has 1 saturated carbocycles. The molecule has 0 radical (unpaired) electrons. The van der Waals surface area contributed by atoms with Crippen LogP contribution in [0.1, 0.15) is 31.1 Å². The molecule has 0 bridgehead atoms. The van der Waals surface area contributed by atoms with Crippen molar-refractivity contribution in [2.24, 2.45) is 5.41 Å². The van der Waals surface area contributed by atoms with Crippen LogP contribution < -0.4 is 5.32 Å². The molecule has 0 aliphatic heterocycles. The van der Waals surface area contributed by atoms with Gasteiger partial charge >= 0.3 is 0 Å². The van der Waals surface area contributed by atoms with E-state index in [4.69, 9.17) is 0 Å². The zero-order valence-electron chi connectivity index (χ0n) is 10.1. The van der Waals surface area contributed by atoms with E-state index in [1.165, 1.54) is 4.88 Å². The summed E-state index contributed by atoms with van der Waals surface area (Å²) in [6.07, 6.45) is 3.88. The first kappa shape index (κ1) is 13.0. The standard InChI is InChI=1S/C13H19NOS2/c1-10(7-11-3-2-6-17-11)14-12(15)8-13(9-16)4-5-13/h2-3,6,10,16H,4-5,7-9H2,1H3,(H,14,15). The second-order valence-corrected chi connectivity index (χ2v) is 6.44. The molecule has 2 rings (SSSR count). The molecule has 1 fully saturated rings. The number of thiophene rings is 1. The molecule has 1 atom stereocenters. The van der Waals surface area contributed by atoms with Crippen molar-refractivity contribution in [3.63, 3.8) is 0 Å². The van der Waals surface area contributed by atoms with E-state index in [-0.39, 0.29) is 17.4 Å². The van der Waals surface area contributed by atoms with E-state index < -0.39 is 0 Å². The zero-order valence-corrected chi connectivity index (χ0v) is 11.8. The molecule has 1 aliphatic rings. The normalized spacial score (nSPS) is 18.7. The van der Waals surface area contributed by atoms with Gasteiger partial charge in [-0.1, -0.05) is 6.07 Å². The van der Waals surface area contributed by atoms with Crippen molar-refractivity contribution >= 4 is 29.9 Å². The van der Waals surface area contributed by atoms with Gasteiger partial charge in [-0.2, -0.15) is 12.6 Å². The highest BCUT2D eigenvalue weighted by atomic mass is 32.1. The van der Waals surface area contributed by atoms with Crippen molar-refractivity contribution in [3.8, 4) is 0 Å². The minimum atomic E-state index is 0.181. The molecule has 17 heavy (non-hydrogen) atoms. The molecule has 1 aliphatic carbocycles. The van der Waals surface area contributed by atoms with Crippen LogP contribution in [0.15, 0.2) is 17.5 Å². The molecule has 94 valence electrons. The lowest BCUT2D eigenvalue weighted by molar-refractivity contribution is -0.122. The number of nitrogens with one attached hydrogen (secondary N) is 1. The quantitative estimate of drug-likeness (QED) is 0.764. The number of amides is 1. The van der Waals surface area contributed by atoms with Crippen LogP contribution >= 0.6 is 24.0 Å². The molecule has 1 N–H and O–H groups in total. The van der Waals surface area contributed by atoms with Crippen LogP contribution in [-0.4, -0.2) is 17.7 Å². The Morgan fingerprint density at radius 2 is 2.41 bits per heavy atom. The van der Waals surface area contributed by atoms with Crippen molar-refractivity contribution in [2.45, 2.75) is 38.6 Å². The van der Waals surface area contributed by atoms with Gasteiger partial charge in [-0.15, -0.1) is 11.3 Å². The average Bonchev–Trinajstić information content (AvgIpc) is 2.85. The van der Waals surface area contributed by atoms with E-state index in [0.29, 0.717) is 6.42 Å². The highest BCUT2D eigenvalue weighted by molar-refractivity contribution is 7.80. The van der Waals surface area contributed by atoms with Gasteiger partial charge in [-0.25, -0.2) is 0 Å². The van der Waals surface area contributed by atoms with E-state index in [1.54, 1.807) is 11.3 Å². The van der Waals surface area contributed by atoms with Crippen molar-refractivity contribution < 1.29 is 4.79 Å². The second kappa shape index (κ2) is 5.44. The third-order valence-corrected chi connectivity index (χ3v) is 4.89. The van der Waals surface area contributed by atoms with Crippen LogP contribution in [0.2, 0.25) is 0 Å². The molecule has 1 amide bonds. The van der Waals surface area contributed by atoms with Gasteiger partial charge in [0.05, 0.1) is 0 Å². The van der Waals surface area contributed by atoms with Crippen molar-refractivity contribution in [3.05, 3.63) is 22.4 Å². The summed E-state index contributed by atoms with van der Waals surface area (Å²) in [5.74, 6) is 1.01. The fourth-order valence-electron chi connectivity index (χ4n) is 2.02. The third-order valence-electron chi connectivity index (χ3n) is 3.32. The van der Waals surface area contributed by atoms with Crippen LogP contribution in [0.4, 0.5) is 0 Å². The maximum absolute atomic E-state index is 11.9. The number of carbonyl (C=O) groups is 1. The second-order valence-electron chi connectivity index (χ2n) is 5.09. The summed E-state index contributed by atoms with van der Waals surface area (Å²) in [7, 11) is 0. The molecule has 0 aromatic carbocycles. The Kier molecular flexibility index (Phi) is 4.15. The predicted molar refractivity (Wildman–Crippen MR) is 75.8 cm³/mol. The Bertz CT molecular complexity index is 371. The Morgan fingerprint density at radius 1 is 1.65 bits per heavy atom. The van der Waals surface area contributed by atoms with Crippen LogP contribution in [0.3, 0.4) is 0 Å². The fraction of sp³-hybridized carbons (Fsp3) is 0.615. The van der Waals surface area contributed by atoms with Gasteiger partial charge in [0.2, 0.25) is 5.91 Å². The molecular formula is C13H19NOS2. The maximum atomic E-state index is 11.9. The summed E-state index contributed by atoms with van der Waals surface area (Å²) in [5.41, 5.74) is 0.218. The highest BCUT2D eigenvalue weighted by Gasteiger charge is 2.42. The fourth-order valence-corrected chi connectivity index (χ4v) is 3.28. The van der Waals surface area contributed by atoms with Gasteiger partial charge in [0.25, 0.3) is 0 Å². The predicted octanol–water partition coefficient (Wildman–Crippen LogP) is 2.90. The van der Waals surface area contributed by atoms with E-state index in [0.717, 1.165) is 25.0 Å². The van der Waals surface area contributed by atoms with Crippen LogP contribution in [-0.2, 0) is 11.2 Å². The van der Waals surface area contributed by atoms with Gasteiger partial charge in [0, 0.05) is 23.8 Å². The molecule has 0 spiro atoms. The monoisotopic (exact) mass is 269 g/mol. The lowest BCUT2D eigenvalue weighted by Crippen LogP contribution is -2.35. The lowest BCUT2D eigenvalue weighted by atomic mass is 10.0. The third kappa shape index (κ3) is 3.75. The molecule has 4 heteroatoms. The van der Waals surface area contributed by atoms with Gasteiger partial charge in [-0.05, 0) is 42.4 Å². The summed E-state index contributed by atoms with van der Waals surface area (Å²) < 4.78 is 0. The number of hydrogen-bond acceptors (Lipinski definition) is 3. The summed E-state index contributed by atoms with van der Waals surface area (Å²) >= 11 is 6.07. The molecule has 2 nitrogen and oxygen atoms in total. The molecular weight excluding hydrogens is 250 g/mol. The average molecular weight is 269 g/mol. The van der Waals surface area contributed by atoms with Gasteiger partial charge in [0.15, 0.2) is 0 Å². The van der Waals surface area contributed by atoms with Crippen LogP contribution in [0.5, 0.6) is 0 Å². The number of rotatable bonds is 6. The summed E-state index contributed by atoms with van der Waals surface area (Å²) in [6, 6.07) is 4.38. The van der Waals surface area contributed by atoms with E-state index >= 15 is 0 Å². The Morgan fingerprint density at radius 3 is 2.94 bits per heavy atom. The molecule has 1 aromatic heterocycles. The van der Waals surface area contributed by atoms with E-state index in [2.05, 4.69) is 42.4 Å². The summed E-state index contributed by atoms with van der Waals surface area (Å²) in [4.78, 5) is 13.2. The van der Waals surface area contributed by atoms with Crippen molar-refractivity contribution in [1.82, 2.24) is 5.32 Å². The first-order chi connectivity index (χ1) is 8.13. The topological polar surface area (TPSA) is 29.1 Å². The minimum absolute atomic E-state index is 0.181. The molecule has 1 heterocycles. The number of thiol groups is 1. The van der Waals surface area contributed by atoms with Gasteiger partial charge in [-0.3, -0.25) is 4.79 Å². The first-order valence-corrected chi connectivity index (χ1v) is 7.57. The largest absolute Gasteiger partial charge is 0.353 e. The van der Waals surface area contributed by atoms with Crippen LogP contribution in [0, 0.1) is 5.41 Å². The van der Waals surface area contributed by atoms with Crippen LogP contribution in [0.25, 0.3) is 0 Å². The SMILES string of the molecule is CC(Cc1cccs1)NC(=O)CC1(CS)CC1. The lowest BCUT2D eigenvalue weighted by Gasteiger charge is -2.16. The summed E-state index contributed by atoms with van der Waals surface area (Å²) in [5, 5.41) is 5.16. The Labute approximate surface area is 112 Å². The molecule has 0 saturated heterocycles. The van der Waals surface area contributed by atoms with Crippen molar-refractivity contribution in [2.75, 3.05) is 5.75 Å². The van der Waals surface area contributed by atoms with Gasteiger partial charge < -0.3 is 5.32 Å². The smallest absolute Gasteiger partial charge is 0.220 e. The molecule has 1 unspecified atom stereocenters. The van der Waals surface area contributed by atoms with E-state index in [9.17, 15) is 4.79 Å². The Balaban J connectivity index is 1.74. The van der Waals surface area contributed by atoms with Gasteiger partial charge in [0.1, 0.15) is 0 Å². The van der Waals surface area contributed by atoms with Crippen molar-refractivity contribution in [1.29, 1.82) is 0 Å². The Hall–Kier alpha value is -0.480. The van der Waals surface area contributed by atoms with E-state index in [1.807, 2.05) is 0 Å². The number of carbonyl (C=O) groups excluding carboxylic acids is 1. The zero-order chi connectivity index (χ0) is 12.3. The maximum Gasteiger partial charge on any atom is 0.220 e. The highest BCUT2D eigenvalue weighted by Crippen LogP contribution is 2.49. The summed E-state index contributed by atoms with van der Waals surface area (Å²) in [6.45, 7) is 2.07. The number of hydrogen-bond donors (Lipinski definition) is 2. The minimum Gasteiger partial charge on any atom is -0.353 e. The molecule has 1 aromatic rings.